The second-order valence-corrected chi connectivity index (χ2v) is 7.60. The van der Waals surface area contributed by atoms with Crippen molar-refractivity contribution in [2.24, 2.45) is 0 Å². The Labute approximate surface area is 194 Å². The van der Waals surface area contributed by atoms with E-state index in [9.17, 15) is 14.7 Å². The number of hydrogen-bond acceptors (Lipinski definition) is 4. The minimum Gasteiger partial charge on any atom is -0.478 e. The molecular weight excluding hydrogens is 418 g/mol. The fourth-order valence-corrected chi connectivity index (χ4v) is 3.57. The van der Waals surface area contributed by atoms with Gasteiger partial charge in [0.25, 0.3) is 0 Å². The summed E-state index contributed by atoms with van der Waals surface area (Å²) in [4.78, 5) is 26.6. The molecule has 7 nitrogen and oxygen atoms in total. The van der Waals surface area contributed by atoms with Crippen molar-refractivity contribution < 1.29 is 19.4 Å². The molecule has 0 atom stereocenters. The van der Waals surface area contributed by atoms with Crippen LogP contribution in [0.3, 0.4) is 0 Å². The third kappa shape index (κ3) is 6.11. The van der Waals surface area contributed by atoms with Gasteiger partial charge in [-0.3, -0.25) is 0 Å². The topological polar surface area (TPSA) is 90.9 Å². The fourth-order valence-electron chi connectivity index (χ4n) is 3.57. The van der Waals surface area contributed by atoms with Crippen LogP contribution in [-0.4, -0.2) is 43.9 Å². The van der Waals surface area contributed by atoms with Crippen LogP contribution < -0.4 is 15.5 Å². The smallest absolute Gasteiger partial charge is 0.336 e. The molecule has 0 aliphatic heterocycles. The van der Waals surface area contributed by atoms with Crippen molar-refractivity contribution in [1.82, 2.24) is 0 Å². The highest BCUT2D eigenvalue weighted by atomic mass is 16.5. The standard InChI is InChI=1S/C26H29N3O4/c1-4-29(15-16-33-3)24-14-11-19(21-7-5-6-8-22(21)25(30)31)17-23(24)28-26(32)27-20-12-9-18(2)10-13-20/h5-14,17H,4,15-16H2,1-3H3,(H,30,31)(H2,27,28,32). The lowest BCUT2D eigenvalue weighted by Gasteiger charge is -2.26. The first-order valence-electron chi connectivity index (χ1n) is 10.8. The van der Waals surface area contributed by atoms with E-state index >= 15 is 0 Å². The summed E-state index contributed by atoms with van der Waals surface area (Å²) in [6.45, 7) is 5.90. The van der Waals surface area contributed by atoms with Crippen molar-refractivity contribution in [3.8, 4) is 11.1 Å². The quantitative estimate of drug-likeness (QED) is 0.404. The summed E-state index contributed by atoms with van der Waals surface area (Å²) in [5.74, 6) is -1.00. The molecule has 0 fully saturated rings. The van der Waals surface area contributed by atoms with Gasteiger partial charge in [0.1, 0.15) is 0 Å². The van der Waals surface area contributed by atoms with Gasteiger partial charge in [-0.25, -0.2) is 9.59 Å². The number of nitrogens with zero attached hydrogens (tertiary/aromatic N) is 1. The number of carbonyl (C=O) groups is 2. The lowest BCUT2D eigenvalue weighted by atomic mass is 9.98. The second-order valence-electron chi connectivity index (χ2n) is 7.60. The molecule has 172 valence electrons. The van der Waals surface area contributed by atoms with Gasteiger partial charge in [-0.05, 0) is 55.3 Å². The maximum absolute atomic E-state index is 12.8. The van der Waals surface area contributed by atoms with Crippen molar-refractivity contribution >= 4 is 29.1 Å². The van der Waals surface area contributed by atoms with Crippen LogP contribution in [0, 0.1) is 6.92 Å². The fraction of sp³-hybridized carbons (Fsp3) is 0.231. The SMILES string of the molecule is CCN(CCOC)c1ccc(-c2ccccc2C(=O)O)cc1NC(=O)Nc1ccc(C)cc1. The number of rotatable bonds is 9. The molecule has 3 aromatic rings. The molecule has 0 spiro atoms. The average Bonchev–Trinajstić information content (AvgIpc) is 2.81. The van der Waals surface area contributed by atoms with E-state index in [-0.39, 0.29) is 11.6 Å². The van der Waals surface area contributed by atoms with Crippen LogP contribution in [0.15, 0.2) is 66.7 Å². The van der Waals surface area contributed by atoms with Crippen LogP contribution in [0.5, 0.6) is 0 Å². The van der Waals surface area contributed by atoms with Gasteiger partial charge in [-0.1, -0.05) is 42.0 Å². The van der Waals surface area contributed by atoms with Crippen molar-refractivity contribution in [3.63, 3.8) is 0 Å². The third-order valence-electron chi connectivity index (χ3n) is 5.31. The van der Waals surface area contributed by atoms with Gasteiger partial charge in [-0.15, -0.1) is 0 Å². The van der Waals surface area contributed by atoms with Gasteiger partial charge in [0.15, 0.2) is 0 Å². The van der Waals surface area contributed by atoms with Gasteiger partial charge in [-0.2, -0.15) is 0 Å². The summed E-state index contributed by atoms with van der Waals surface area (Å²) in [5, 5.41) is 15.4. The number of methoxy groups -OCH3 is 1. The predicted molar refractivity (Wildman–Crippen MR) is 132 cm³/mol. The van der Waals surface area contributed by atoms with E-state index in [0.29, 0.717) is 42.2 Å². The Morgan fingerprint density at radius 1 is 1.00 bits per heavy atom. The number of carboxylic acid groups (broad SMARTS) is 1. The number of carbonyl (C=O) groups excluding carboxylic acids is 1. The van der Waals surface area contributed by atoms with Crippen molar-refractivity contribution in [2.75, 3.05) is 42.3 Å². The maximum atomic E-state index is 12.8. The number of aryl methyl sites for hydroxylation is 1. The zero-order valence-electron chi connectivity index (χ0n) is 19.1. The molecule has 0 saturated carbocycles. The van der Waals surface area contributed by atoms with Crippen LogP contribution in [0.1, 0.15) is 22.8 Å². The summed E-state index contributed by atoms with van der Waals surface area (Å²) in [5.41, 5.74) is 4.67. The number of hydrogen-bond donors (Lipinski definition) is 3. The van der Waals surface area contributed by atoms with Crippen molar-refractivity contribution in [1.29, 1.82) is 0 Å². The Morgan fingerprint density at radius 3 is 2.39 bits per heavy atom. The van der Waals surface area contributed by atoms with Crippen LogP contribution in [0.25, 0.3) is 11.1 Å². The summed E-state index contributed by atoms with van der Waals surface area (Å²) in [7, 11) is 1.65. The summed E-state index contributed by atoms with van der Waals surface area (Å²) in [6.07, 6.45) is 0. The van der Waals surface area contributed by atoms with E-state index in [4.69, 9.17) is 4.74 Å². The zero-order valence-corrected chi connectivity index (χ0v) is 19.1. The molecule has 0 saturated heterocycles. The molecule has 7 heteroatoms. The number of nitrogens with one attached hydrogen (secondary N) is 2. The number of anilines is 3. The molecule has 0 radical (unpaired) electrons. The maximum Gasteiger partial charge on any atom is 0.336 e. The van der Waals surface area contributed by atoms with Gasteiger partial charge >= 0.3 is 12.0 Å². The molecule has 0 bridgehead atoms. The summed E-state index contributed by atoms with van der Waals surface area (Å²) in [6, 6.07) is 19.5. The zero-order chi connectivity index (χ0) is 23.8. The van der Waals surface area contributed by atoms with E-state index in [1.54, 1.807) is 37.4 Å². The third-order valence-corrected chi connectivity index (χ3v) is 5.31. The van der Waals surface area contributed by atoms with E-state index in [1.807, 2.05) is 50.2 Å². The number of likely N-dealkylation sites (N-methyl/N-ethyl adjacent to an activating group) is 1. The molecule has 0 aromatic heterocycles. The highest BCUT2D eigenvalue weighted by Gasteiger charge is 2.17. The molecule has 33 heavy (non-hydrogen) atoms. The minimum atomic E-state index is -1.00. The Bertz CT molecular complexity index is 1110. The first kappa shape index (κ1) is 23.8. The first-order valence-corrected chi connectivity index (χ1v) is 10.8. The van der Waals surface area contributed by atoms with Gasteiger partial charge in [0, 0.05) is 25.9 Å². The largest absolute Gasteiger partial charge is 0.478 e. The average molecular weight is 448 g/mol. The lowest BCUT2D eigenvalue weighted by Crippen LogP contribution is -2.29. The van der Waals surface area contributed by atoms with E-state index in [1.165, 1.54) is 0 Å². The predicted octanol–water partition coefficient (Wildman–Crippen LogP) is 5.48. The number of carboxylic acids is 1. The molecule has 0 unspecified atom stereocenters. The number of ether oxygens (including phenoxy) is 1. The summed E-state index contributed by atoms with van der Waals surface area (Å²) < 4.78 is 5.23. The van der Waals surface area contributed by atoms with Crippen LogP contribution in [0.4, 0.5) is 21.9 Å². The van der Waals surface area contributed by atoms with Crippen LogP contribution in [-0.2, 0) is 4.74 Å². The van der Waals surface area contributed by atoms with Crippen molar-refractivity contribution in [3.05, 3.63) is 77.9 Å². The summed E-state index contributed by atoms with van der Waals surface area (Å²) >= 11 is 0. The van der Waals surface area contributed by atoms with Crippen LogP contribution in [0.2, 0.25) is 0 Å². The molecule has 2 amide bonds. The molecule has 3 aromatic carbocycles. The Balaban J connectivity index is 1.98. The van der Waals surface area contributed by atoms with E-state index in [2.05, 4.69) is 15.5 Å². The van der Waals surface area contributed by atoms with Gasteiger partial charge in [0.05, 0.1) is 23.5 Å². The van der Waals surface area contributed by atoms with E-state index < -0.39 is 5.97 Å². The highest BCUT2D eigenvalue weighted by molar-refractivity contribution is 6.03. The lowest BCUT2D eigenvalue weighted by molar-refractivity contribution is 0.0697. The Morgan fingerprint density at radius 2 is 1.73 bits per heavy atom. The molecule has 0 heterocycles. The van der Waals surface area contributed by atoms with Crippen LogP contribution >= 0.6 is 0 Å². The van der Waals surface area contributed by atoms with Gasteiger partial charge < -0.3 is 25.4 Å². The monoisotopic (exact) mass is 447 g/mol. The Hall–Kier alpha value is -3.84. The first-order chi connectivity index (χ1) is 15.9. The molecule has 3 rings (SSSR count). The van der Waals surface area contributed by atoms with Crippen molar-refractivity contribution in [2.45, 2.75) is 13.8 Å². The number of urea groups is 1. The van der Waals surface area contributed by atoms with E-state index in [0.717, 1.165) is 11.3 Å². The minimum absolute atomic E-state index is 0.201. The molecule has 0 aliphatic rings. The number of amides is 2. The normalized spacial score (nSPS) is 10.5. The molecule has 3 N–H and O–H groups in total. The highest BCUT2D eigenvalue weighted by Crippen LogP contribution is 2.33. The second kappa shape index (κ2) is 11.2. The van der Waals surface area contributed by atoms with Gasteiger partial charge in [0.2, 0.25) is 0 Å². The Kier molecular flexibility index (Phi) is 8.05. The number of aromatic carboxylic acids is 1. The molecule has 0 aliphatic carbocycles. The molecular formula is C26H29N3O4. The number of benzene rings is 3.